The van der Waals surface area contributed by atoms with Gasteiger partial charge in [-0.1, -0.05) is 23.7 Å². The number of benzene rings is 2. The molecule has 30 heavy (non-hydrogen) atoms. The van der Waals surface area contributed by atoms with Crippen LogP contribution in [-0.4, -0.2) is 31.3 Å². The smallest absolute Gasteiger partial charge is 0.410 e. The molecule has 1 amide bonds. The summed E-state index contributed by atoms with van der Waals surface area (Å²) in [4.78, 5) is 16.6. The first-order valence-corrected chi connectivity index (χ1v) is 10.3. The Labute approximate surface area is 181 Å². The molecule has 1 unspecified atom stereocenters. The molecule has 1 atom stereocenters. The van der Waals surface area contributed by atoms with Crippen LogP contribution in [-0.2, 0) is 0 Å². The van der Waals surface area contributed by atoms with E-state index >= 15 is 0 Å². The Morgan fingerprint density at radius 1 is 1.27 bits per heavy atom. The number of hydrogen-bond acceptors (Lipinski definition) is 7. The molecule has 0 radical (unpaired) electrons. The maximum atomic E-state index is 12.4. The summed E-state index contributed by atoms with van der Waals surface area (Å²) in [5.41, 5.74) is 3.25. The summed E-state index contributed by atoms with van der Waals surface area (Å²) in [5.74, 6) is 0.332. The van der Waals surface area contributed by atoms with Crippen molar-refractivity contribution in [2.24, 2.45) is 0 Å². The van der Waals surface area contributed by atoms with E-state index in [9.17, 15) is 4.79 Å². The first kappa shape index (κ1) is 20.0. The van der Waals surface area contributed by atoms with Crippen LogP contribution in [0.3, 0.4) is 0 Å². The summed E-state index contributed by atoms with van der Waals surface area (Å²) in [6.45, 7) is 3.81. The standard InChI is InChI=1S/C20H17ClN6O2S/c1-12-3-4-17(18(21)7-12)14-8-15(27-11-23-25-26-27)10-16(9-14)29-20(28)24-13(2)19-22-5-6-30-19/h3-11,13H,1-2H3,(H,24,28). The molecule has 0 spiro atoms. The molecule has 0 saturated carbocycles. The molecule has 4 rings (SSSR count). The van der Waals surface area contributed by atoms with Crippen molar-refractivity contribution < 1.29 is 9.53 Å². The average Bonchev–Trinajstić information content (AvgIpc) is 3.42. The lowest BCUT2D eigenvalue weighted by atomic mass is 10.0. The molecule has 0 saturated heterocycles. The molecule has 152 valence electrons. The van der Waals surface area contributed by atoms with Gasteiger partial charge in [0.15, 0.2) is 0 Å². The monoisotopic (exact) mass is 440 g/mol. The number of carbonyl (C=O) groups is 1. The number of rotatable bonds is 5. The summed E-state index contributed by atoms with van der Waals surface area (Å²) >= 11 is 7.91. The van der Waals surface area contributed by atoms with Gasteiger partial charge in [-0.3, -0.25) is 0 Å². The van der Waals surface area contributed by atoms with E-state index in [1.807, 2.05) is 43.5 Å². The van der Waals surface area contributed by atoms with Crippen molar-refractivity contribution in [1.29, 1.82) is 0 Å². The van der Waals surface area contributed by atoms with Crippen molar-refractivity contribution in [1.82, 2.24) is 30.5 Å². The molecule has 10 heteroatoms. The van der Waals surface area contributed by atoms with Crippen LogP contribution < -0.4 is 10.1 Å². The quantitative estimate of drug-likeness (QED) is 0.487. The van der Waals surface area contributed by atoms with Gasteiger partial charge in [0.25, 0.3) is 0 Å². The number of carbonyl (C=O) groups excluding carboxylic acids is 1. The third-order valence-corrected chi connectivity index (χ3v) is 5.58. The second-order valence-electron chi connectivity index (χ2n) is 6.58. The Morgan fingerprint density at radius 3 is 2.83 bits per heavy atom. The fraction of sp³-hybridized carbons (Fsp3) is 0.150. The molecular weight excluding hydrogens is 424 g/mol. The summed E-state index contributed by atoms with van der Waals surface area (Å²) in [5, 5.41) is 17.3. The van der Waals surface area contributed by atoms with Gasteiger partial charge in [0.2, 0.25) is 0 Å². The number of thiazole rings is 1. The van der Waals surface area contributed by atoms with Gasteiger partial charge < -0.3 is 10.1 Å². The second-order valence-corrected chi connectivity index (χ2v) is 7.91. The number of nitrogens with zero attached hydrogens (tertiary/aromatic N) is 5. The molecule has 0 fully saturated rings. The largest absolute Gasteiger partial charge is 0.413 e. The summed E-state index contributed by atoms with van der Waals surface area (Å²) in [6.07, 6.45) is 2.56. The number of ether oxygens (including phenoxy) is 1. The number of halogens is 1. The van der Waals surface area contributed by atoms with Gasteiger partial charge in [0, 0.05) is 28.2 Å². The average molecular weight is 441 g/mol. The minimum absolute atomic E-state index is 0.272. The highest BCUT2D eigenvalue weighted by Crippen LogP contribution is 2.33. The highest BCUT2D eigenvalue weighted by Gasteiger charge is 2.15. The predicted molar refractivity (Wildman–Crippen MR) is 114 cm³/mol. The number of amides is 1. The van der Waals surface area contributed by atoms with Crippen molar-refractivity contribution in [2.45, 2.75) is 19.9 Å². The van der Waals surface area contributed by atoms with Crippen molar-refractivity contribution >= 4 is 29.0 Å². The van der Waals surface area contributed by atoms with Crippen molar-refractivity contribution in [3.8, 4) is 22.6 Å². The summed E-state index contributed by atoms with van der Waals surface area (Å²) in [7, 11) is 0. The number of aryl methyl sites for hydroxylation is 1. The minimum atomic E-state index is -0.590. The maximum absolute atomic E-state index is 12.4. The second kappa shape index (κ2) is 8.60. The Kier molecular flexibility index (Phi) is 5.73. The molecule has 0 aliphatic rings. The minimum Gasteiger partial charge on any atom is -0.410 e. The maximum Gasteiger partial charge on any atom is 0.413 e. The Balaban J connectivity index is 1.65. The lowest BCUT2D eigenvalue weighted by molar-refractivity contribution is 0.197. The lowest BCUT2D eigenvalue weighted by Crippen LogP contribution is -2.29. The zero-order valence-electron chi connectivity index (χ0n) is 16.1. The van der Waals surface area contributed by atoms with Crippen LogP contribution in [0.2, 0.25) is 5.02 Å². The number of tetrazole rings is 1. The normalized spacial score (nSPS) is 11.8. The predicted octanol–water partition coefficient (Wildman–Crippen LogP) is 4.60. The molecule has 1 N–H and O–H groups in total. The summed E-state index contributed by atoms with van der Waals surface area (Å²) < 4.78 is 7.03. The highest BCUT2D eigenvalue weighted by molar-refractivity contribution is 7.09. The molecule has 2 aromatic heterocycles. The van der Waals surface area contributed by atoms with Crippen molar-refractivity contribution in [3.05, 3.63) is 69.9 Å². The molecule has 0 bridgehead atoms. The first-order valence-electron chi connectivity index (χ1n) is 9.02. The van der Waals surface area contributed by atoms with Gasteiger partial charge in [-0.05, 0) is 53.6 Å². The van der Waals surface area contributed by atoms with Crippen LogP contribution in [0, 0.1) is 6.92 Å². The van der Waals surface area contributed by atoms with Crippen molar-refractivity contribution in [2.75, 3.05) is 0 Å². The van der Waals surface area contributed by atoms with Gasteiger partial charge in [-0.2, -0.15) is 0 Å². The molecule has 0 aliphatic heterocycles. The zero-order valence-corrected chi connectivity index (χ0v) is 17.7. The number of aromatic nitrogens is 5. The highest BCUT2D eigenvalue weighted by atomic mass is 35.5. The molecule has 0 aliphatic carbocycles. The van der Waals surface area contributed by atoms with E-state index in [0.29, 0.717) is 16.5 Å². The lowest BCUT2D eigenvalue weighted by Gasteiger charge is -2.14. The Morgan fingerprint density at radius 2 is 2.13 bits per heavy atom. The fourth-order valence-corrected chi connectivity index (χ4v) is 3.88. The van der Waals surface area contributed by atoms with Gasteiger partial charge in [-0.25, -0.2) is 14.5 Å². The van der Waals surface area contributed by atoms with Gasteiger partial charge in [0.1, 0.15) is 17.1 Å². The molecule has 8 nitrogen and oxygen atoms in total. The Bertz CT molecular complexity index is 1160. The van der Waals surface area contributed by atoms with Crippen LogP contribution >= 0.6 is 22.9 Å². The topological polar surface area (TPSA) is 94.8 Å². The fourth-order valence-electron chi connectivity index (χ4n) is 2.89. The molecule has 2 aromatic carbocycles. The van der Waals surface area contributed by atoms with E-state index in [0.717, 1.165) is 21.7 Å². The van der Waals surface area contributed by atoms with E-state index in [4.69, 9.17) is 16.3 Å². The molecule has 4 aromatic rings. The van der Waals surface area contributed by atoms with Crippen molar-refractivity contribution in [3.63, 3.8) is 0 Å². The first-order chi connectivity index (χ1) is 14.5. The van der Waals surface area contributed by atoms with Crippen LogP contribution in [0.4, 0.5) is 4.79 Å². The molecular formula is C20H17ClN6O2S. The van der Waals surface area contributed by atoms with Crippen LogP contribution in [0.5, 0.6) is 5.75 Å². The third kappa shape index (κ3) is 4.47. The number of hydrogen-bond donors (Lipinski definition) is 1. The number of nitrogens with one attached hydrogen (secondary N) is 1. The van der Waals surface area contributed by atoms with Crippen LogP contribution in [0.15, 0.2) is 54.3 Å². The third-order valence-electron chi connectivity index (χ3n) is 4.31. The Hall–Kier alpha value is -3.30. The van der Waals surface area contributed by atoms with E-state index in [-0.39, 0.29) is 6.04 Å². The van der Waals surface area contributed by atoms with Crippen LogP contribution in [0.25, 0.3) is 16.8 Å². The SMILES string of the molecule is Cc1ccc(-c2cc(OC(=O)NC(C)c3nccs3)cc(-n3cnnn3)c2)c(Cl)c1. The van der Waals surface area contributed by atoms with E-state index in [1.165, 1.54) is 22.3 Å². The zero-order chi connectivity index (χ0) is 21.1. The van der Waals surface area contributed by atoms with Crippen LogP contribution in [0.1, 0.15) is 23.5 Å². The van der Waals surface area contributed by atoms with Gasteiger partial charge in [-0.15, -0.1) is 16.4 Å². The summed E-state index contributed by atoms with van der Waals surface area (Å²) in [6, 6.07) is 10.8. The van der Waals surface area contributed by atoms with Gasteiger partial charge >= 0.3 is 6.09 Å². The van der Waals surface area contributed by atoms with Gasteiger partial charge in [0.05, 0.1) is 11.7 Å². The molecule has 2 heterocycles. The van der Waals surface area contributed by atoms with E-state index < -0.39 is 6.09 Å². The van der Waals surface area contributed by atoms with E-state index in [1.54, 1.807) is 18.3 Å². The van der Waals surface area contributed by atoms with E-state index in [2.05, 4.69) is 25.8 Å².